The molecule has 0 amide bonds. The number of nitrogens with one attached hydrogen (secondary N) is 1. The van der Waals surface area contributed by atoms with E-state index in [4.69, 9.17) is 0 Å². The second-order valence-corrected chi connectivity index (χ2v) is 7.35. The molecule has 0 bridgehead atoms. The summed E-state index contributed by atoms with van der Waals surface area (Å²) in [6.07, 6.45) is 0.777. The topological polar surface area (TPSA) is 123 Å². The van der Waals surface area contributed by atoms with E-state index in [1.807, 2.05) is 0 Å². The molecule has 0 aliphatic heterocycles. The number of hydrogen-bond acceptors (Lipinski definition) is 6. The summed E-state index contributed by atoms with van der Waals surface area (Å²) in [4.78, 5) is 8.68. The Bertz CT molecular complexity index is 708. The van der Waals surface area contributed by atoms with Gasteiger partial charge in [0, 0.05) is 12.8 Å². The lowest BCUT2D eigenvalue weighted by Crippen LogP contribution is -2.24. The van der Waals surface area contributed by atoms with Crippen LogP contribution in [0.15, 0.2) is 28.0 Å². The first-order valence-corrected chi connectivity index (χ1v) is 8.46. The molecule has 0 aromatic heterocycles. The normalized spacial score (nSPS) is 12.3. The van der Waals surface area contributed by atoms with Crippen molar-refractivity contribution in [2.75, 3.05) is 12.8 Å². The Morgan fingerprint density at radius 2 is 1.74 bits per heavy atom. The van der Waals surface area contributed by atoms with Crippen molar-refractivity contribution in [3.8, 4) is 0 Å². The van der Waals surface area contributed by atoms with Crippen molar-refractivity contribution in [1.29, 1.82) is 0 Å². The lowest BCUT2D eigenvalue weighted by atomic mass is 10.3. The summed E-state index contributed by atoms with van der Waals surface area (Å²) in [5, 5.41) is 11.0. The molecule has 10 heteroatoms. The van der Waals surface area contributed by atoms with E-state index in [-0.39, 0.29) is 6.54 Å². The maximum Gasteiger partial charge on any atom is 0.307 e. The third-order valence-electron chi connectivity index (χ3n) is 2.17. The highest BCUT2D eigenvalue weighted by atomic mass is 32.2. The number of nitrogens with zero attached hydrogens (tertiary/aromatic N) is 1. The summed E-state index contributed by atoms with van der Waals surface area (Å²) < 4.78 is 48.7. The predicted molar refractivity (Wildman–Crippen MR) is 67.1 cm³/mol. The van der Waals surface area contributed by atoms with E-state index in [9.17, 15) is 26.9 Å². The van der Waals surface area contributed by atoms with Crippen molar-refractivity contribution in [1.82, 2.24) is 4.72 Å². The van der Waals surface area contributed by atoms with Crippen LogP contribution < -0.4 is 4.72 Å². The summed E-state index contributed by atoms with van der Waals surface area (Å²) in [5.41, 5.74) is -0.939. The van der Waals surface area contributed by atoms with E-state index in [1.165, 1.54) is 6.92 Å². The fourth-order valence-corrected chi connectivity index (χ4v) is 3.62. The van der Waals surface area contributed by atoms with Crippen molar-refractivity contribution in [2.45, 2.75) is 16.7 Å². The molecule has 1 rings (SSSR count). The van der Waals surface area contributed by atoms with Gasteiger partial charge in [0.05, 0.1) is 4.92 Å². The summed E-state index contributed by atoms with van der Waals surface area (Å²) in [6, 6.07) is 3.14. The number of nitro benzene ring substituents is 1. The lowest BCUT2D eigenvalue weighted by Gasteiger charge is -2.07. The van der Waals surface area contributed by atoms with Gasteiger partial charge in [-0.15, -0.1) is 0 Å². The van der Waals surface area contributed by atoms with Gasteiger partial charge in [-0.3, -0.25) is 10.1 Å². The van der Waals surface area contributed by atoms with Crippen molar-refractivity contribution in [2.24, 2.45) is 0 Å². The third-order valence-corrected chi connectivity index (χ3v) is 4.87. The number of sulfone groups is 1. The van der Waals surface area contributed by atoms with Crippen LogP contribution in [0.4, 0.5) is 5.69 Å². The highest BCUT2D eigenvalue weighted by Crippen LogP contribution is 2.30. The Kier molecular flexibility index (Phi) is 4.28. The fourth-order valence-electron chi connectivity index (χ4n) is 1.47. The van der Waals surface area contributed by atoms with Crippen molar-refractivity contribution >= 4 is 25.5 Å². The molecule has 0 saturated carbocycles. The minimum Gasteiger partial charge on any atom is -0.258 e. The predicted octanol–water partition coefficient (Wildman–Crippen LogP) is 0.297. The second kappa shape index (κ2) is 5.23. The van der Waals surface area contributed by atoms with E-state index in [0.717, 1.165) is 24.5 Å². The van der Waals surface area contributed by atoms with Gasteiger partial charge in [0.2, 0.25) is 10.0 Å². The van der Waals surface area contributed by atoms with Crippen LogP contribution in [0.2, 0.25) is 0 Å². The summed E-state index contributed by atoms with van der Waals surface area (Å²) in [5.74, 6) is 0. The number of rotatable bonds is 5. The standard InChI is InChI=1S/C9H12N2O6S2/c1-3-10-19(16,17)8-6-4-5-7(18(2,14)15)9(8)11(12)13/h4-6,10H,3H2,1-2H3. The smallest absolute Gasteiger partial charge is 0.258 e. The first-order chi connectivity index (χ1) is 8.61. The molecule has 1 aromatic rings. The van der Waals surface area contributed by atoms with E-state index >= 15 is 0 Å². The van der Waals surface area contributed by atoms with Gasteiger partial charge in [0.15, 0.2) is 14.7 Å². The molecule has 0 atom stereocenters. The van der Waals surface area contributed by atoms with Crippen LogP contribution >= 0.6 is 0 Å². The van der Waals surface area contributed by atoms with E-state index < -0.39 is 40.3 Å². The highest BCUT2D eigenvalue weighted by molar-refractivity contribution is 7.91. The van der Waals surface area contributed by atoms with Crippen LogP contribution in [0.25, 0.3) is 0 Å². The zero-order chi connectivity index (χ0) is 14.8. The Labute approximate surface area is 110 Å². The molecule has 0 aliphatic rings. The van der Waals surface area contributed by atoms with Crippen LogP contribution in [-0.4, -0.2) is 34.6 Å². The number of sulfonamides is 1. The van der Waals surface area contributed by atoms with Gasteiger partial charge in [0.25, 0.3) is 0 Å². The van der Waals surface area contributed by atoms with Gasteiger partial charge < -0.3 is 0 Å². The van der Waals surface area contributed by atoms with Gasteiger partial charge >= 0.3 is 5.69 Å². The lowest BCUT2D eigenvalue weighted by molar-refractivity contribution is -0.390. The highest BCUT2D eigenvalue weighted by Gasteiger charge is 2.32. The van der Waals surface area contributed by atoms with Crippen LogP contribution in [0, 0.1) is 10.1 Å². The molecule has 0 aliphatic carbocycles. The number of nitro groups is 1. The SMILES string of the molecule is CCNS(=O)(=O)c1cccc(S(C)(=O)=O)c1[N+](=O)[O-]. The molecule has 1 aromatic carbocycles. The summed E-state index contributed by atoms with van der Waals surface area (Å²) >= 11 is 0. The van der Waals surface area contributed by atoms with Gasteiger partial charge in [-0.1, -0.05) is 13.0 Å². The van der Waals surface area contributed by atoms with E-state index in [2.05, 4.69) is 4.72 Å². The van der Waals surface area contributed by atoms with Crippen LogP contribution in [0.1, 0.15) is 6.92 Å². The second-order valence-electron chi connectivity index (χ2n) is 3.63. The molecule has 0 fully saturated rings. The molecular formula is C9H12N2O6S2. The minimum absolute atomic E-state index is 0.0303. The number of benzene rings is 1. The van der Waals surface area contributed by atoms with E-state index in [1.54, 1.807) is 0 Å². The Morgan fingerprint density at radius 3 is 2.16 bits per heavy atom. The monoisotopic (exact) mass is 308 g/mol. The molecule has 0 unspecified atom stereocenters. The average Bonchev–Trinajstić information content (AvgIpc) is 2.26. The first kappa shape index (κ1) is 15.5. The van der Waals surface area contributed by atoms with Crippen molar-refractivity contribution in [3.63, 3.8) is 0 Å². The van der Waals surface area contributed by atoms with Crippen LogP contribution in [0.5, 0.6) is 0 Å². The van der Waals surface area contributed by atoms with Gasteiger partial charge in [-0.05, 0) is 12.1 Å². The van der Waals surface area contributed by atoms with Gasteiger partial charge in [-0.2, -0.15) is 0 Å². The molecule has 0 spiro atoms. The van der Waals surface area contributed by atoms with Crippen LogP contribution in [0.3, 0.4) is 0 Å². The Balaban J connectivity index is 3.74. The number of hydrogen-bond donors (Lipinski definition) is 1. The molecule has 0 radical (unpaired) electrons. The molecule has 0 heterocycles. The minimum atomic E-state index is -4.12. The molecule has 0 saturated heterocycles. The van der Waals surface area contributed by atoms with Gasteiger partial charge in [0.1, 0.15) is 4.90 Å². The first-order valence-electron chi connectivity index (χ1n) is 5.08. The molecule has 8 nitrogen and oxygen atoms in total. The summed E-state index contributed by atoms with van der Waals surface area (Å²) in [6.45, 7) is 1.53. The maximum absolute atomic E-state index is 11.8. The Morgan fingerprint density at radius 1 is 1.21 bits per heavy atom. The van der Waals surface area contributed by atoms with Gasteiger partial charge in [-0.25, -0.2) is 21.6 Å². The fraction of sp³-hybridized carbons (Fsp3) is 0.333. The quantitative estimate of drug-likeness (QED) is 0.616. The van der Waals surface area contributed by atoms with E-state index in [0.29, 0.717) is 0 Å². The Hall–Kier alpha value is -1.52. The zero-order valence-electron chi connectivity index (χ0n) is 10.2. The van der Waals surface area contributed by atoms with Crippen molar-refractivity contribution in [3.05, 3.63) is 28.3 Å². The summed E-state index contributed by atoms with van der Waals surface area (Å²) in [7, 11) is -8.04. The molecule has 1 N–H and O–H groups in total. The average molecular weight is 308 g/mol. The van der Waals surface area contributed by atoms with Crippen LogP contribution in [-0.2, 0) is 19.9 Å². The largest absolute Gasteiger partial charge is 0.307 e. The number of para-hydroxylation sites is 1. The molecule has 19 heavy (non-hydrogen) atoms. The molecule has 106 valence electrons. The molecular weight excluding hydrogens is 296 g/mol. The third kappa shape index (κ3) is 3.28. The maximum atomic E-state index is 11.8. The van der Waals surface area contributed by atoms with Crippen molar-refractivity contribution < 1.29 is 21.8 Å². The zero-order valence-corrected chi connectivity index (χ0v) is 11.8.